The molecule has 0 radical (unpaired) electrons. The van der Waals surface area contributed by atoms with Gasteiger partial charge in [0.1, 0.15) is 5.82 Å². The van der Waals surface area contributed by atoms with Gasteiger partial charge in [-0.25, -0.2) is 4.98 Å². The Kier molecular flexibility index (Phi) is 4.07. The van der Waals surface area contributed by atoms with Crippen LogP contribution in [-0.2, 0) is 0 Å². The third-order valence-electron chi connectivity index (χ3n) is 3.43. The molecule has 1 aromatic heterocycles. The lowest BCUT2D eigenvalue weighted by Crippen LogP contribution is -2.47. The lowest BCUT2D eigenvalue weighted by Gasteiger charge is -2.36. The van der Waals surface area contributed by atoms with E-state index in [4.69, 9.17) is 5.73 Å². The fraction of sp³-hybridized carbons (Fsp3) is 0.643. The van der Waals surface area contributed by atoms with E-state index in [1.54, 1.807) is 0 Å². The van der Waals surface area contributed by atoms with Gasteiger partial charge in [0.15, 0.2) is 0 Å². The van der Waals surface area contributed by atoms with E-state index in [1.807, 2.05) is 19.1 Å². The third kappa shape index (κ3) is 3.13. The van der Waals surface area contributed by atoms with Crippen molar-refractivity contribution in [1.82, 2.24) is 9.88 Å². The molecule has 0 amide bonds. The molecule has 0 saturated carbocycles. The summed E-state index contributed by atoms with van der Waals surface area (Å²) in [4.78, 5) is 9.45. The molecule has 1 aromatic rings. The quantitative estimate of drug-likeness (QED) is 0.885. The van der Waals surface area contributed by atoms with Gasteiger partial charge >= 0.3 is 0 Å². The molecule has 18 heavy (non-hydrogen) atoms. The van der Waals surface area contributed by atoms with E-state index in [0.717, 1.165) is 49.3 Å². The molecule has 2 heterocycles. The Morgan fingerprint density at radius 3 is 2.44 bits per heavy atom. The largest absolute Gasteiger partial charge is 0.397 e. The van der Waals surface area contributed by atoms with Gasteiger partial charge < -0.3 is 10.6 Å². The summed E-state index contributed by atoms with van der Waals surface area (Å²) in [5, 5.41) is 0. The van der Waals surface area contributed by atoms with E-state index >= 15 is 0 Å². The highest BCUT2D eigenvalue weighted by Gasteiger charge is 2.18. The molecule has 4 nitrogen and oxygen atoms in total. The summed E-state index contributed by atoms with van der Waals surface area (Å²) < 4.78 is 0. The maximum Gasteiger partial charge on any atom is 0.129 e. The van der Waals surface area contributed by atoms with Crippen LogP contribution in [0.4, 0.5) is 11.5 Å². The van der Waals surface area contributed by atoms with Crippen molar-refractivity contribution >= 4 is 11.5 Å². The minimum atomic E-state index is 0.744. The van der Waals surface area contributed by atoms with E-state index in [0.29, 0.717) is 0 Å². The Hall–Kier alpha value is -1.29. The number of aromatic nitrogens is 1. The molecule has 100 valence electrons. The first-order valence-electron chi connectivity index (χ1n) is 6.76. The number of nitrogens with zero attached hydrogens (tertiary/aromatic N) is 3. The van der Waals surface area contributed by atoms with Crippen LogP contribution in [0.5, 0.6) is 0 Å². The molecular weight excluding hydrogens is 224 g/mol. The Morgan fingerprint density at radius 2 is 1.89 bits per heavy atom. The average molecular weight is 248 g/mol. The van der Waals surface area contributed by atoms with Gasteiger partial charge in [-0.1, -0.05) is 13.8 Å². The topological polar surface area (TPSA) is 45.4 Å². The van der Waals surface area contributed by atoms with Crippen molar-refractivity contribution in [3.05, 3.63) is 17.8 Å². The molecule has 0 aromatic carbocycles. The molecule has 0 unspecified atom stereocenters. The van der Waals surface area contributed by atoms with Crippen LogP contribution in [0.3, 0.4) is 0 Å². The fourth-order valence-corrected chi connectivity index (χ4v) is 2.41. The predicted molar refractivity (Wildman–Crippen MR) is 76.9 cm³/mol. The second-order valence-corrected chi connectivity index (χ2v) is 5.53. The summed E-state index contributed by atoms with van der Waals surface area (Å²) in [6.45, 7) is 12.1. The zero-order valence-corrected chi connectivity index (χ0v) is 11.7. The summed E-state index contributed by atoms with van der Waals surface area (Å²) in [5.74, 6) is 1.80. The van der Waals surface area contributed by atoms with Gasteiger partial charge in [-0.05, 0) is 25.0 Å². The minimum absolute atomic E-state index is 0.744. The number of aryl methyl sites for hydroxylation is 1. The van der Waals surface area contributed by atoms with Gasteiger partial charge in [0.05, 0.1) is 11.4 Å². The Morgan fingerprint density at radius 1 is 1.22 bits per heavy atom. The smallest absolute Gasteiger partial charge is 0.129 e. The highest BCUT2D eigenvalue weighted by atomic mass is 15.3. The molecule has 1 aliphatic heterocycles. The monoisotopic (exact) mass is 248 g/mol. The maximum atomic E-state index is 5.81. The van der Waals surface area contributed by atoms with Crippen LogP contribution in [0.2, 0.25) is 0 Å². The van der Waals surface area contributed by atoms with Crippen LogP contribution in [0, 0.1) is 12.8 Å². The second kappa shape index (κ2) is 5.57. The molecule has 0 atom stereocenters. The third-order valence-corrected chi connectivity index (χ3v) is 3.43. The van der Waals surface area contributed by atoms with Gasteiger partial charge in [-0.2, -0.15) is 0 Å². The van der Waals surface area contributed by atoms with Gasteiger partial charge in [-0.15, -0.1) is 0 Å². The summed E-state index contributed by atoms with van der Waals surface area (Å²) in [6, 6.07) is 3.98. The molecule has 1 aliphatic rings. The molecule has 0 aliphatic carbocycles. The predicted octanol–water partition coefficient (Wildman–Crippen LogP) is 1.75. The van der Waals surface area contributed by atoms with Gasteiger partial charge in [0.25, 0.3) is 0 Å². The minimum Gasteiger partial charge on any atom is -0.397 e. The van der Waals surface area contributed by atoms with E-state index in [-0.39, 0.29) is 0 Å². The van der Waals surface area contributed by atoms with Crippen LogP contribution < -0.4 is 10.6 Å². The lowest BCUT2D eigenvalue weighted by molar-refractivity contribution is 0.231. The summed E-state index contributed by atoms with van der Waals surface area (Å²) in [6.07, 6.45) is 0. The normalized spacial score (nSPS) is 17.4. The Labute approximate surface area is 110 Å². The van der Waals surface area contributed by atoms with Crippen LogP contribution in [0.1, 0.15) is 19.5 Å². The summed E-state index contributed by atoms with van der Waals surface area (Å²) in [7, 11) is 0. The van der Waals surface area contributed by atoms with Crippen molar-refractivity contribution in [2.75, 3.05) is 43.4 Å². The van der Waals surface area contributed by atoms with Gasteiger partial charge in [0.2, 0.25) is 0 Å². The zero-order valence-electron chi connectivity index (χ0n) is 11.7. The SMILES string of the molecule is Cc1nc(N2CCN(CC(C)C)CC2)ccc1N. The molecule has 1 saturated heterocycles. The Bertz CT molecular complexity index is 395. The highest BCUT2D eigenvalue weighted by molar-refractivity contribution is 5.50. The van der Waals surface area contributed by atoms with Gasteiger partial charge in [-0.3, -0.25) is 4.90 Å². The van der Waals surface area contributed by atoms with Crippen molar-refractivity contribution < 1.29 is 0 Å². The number of piperazine rings is 1. The zero-order chi connectivity index (χ0) is 13.1. The van der Waals surface area contributed by atoms with Crippen LogP contribution in [-0.4, -0.2) is 42.6 Å². The first-order valence-corrected chi connectivity index (χ1v) is 6.76. The van der Waals surface area contributed by atoms with Crippen molar-refractivity contribution in [2.24, 2.45) is 5.92 Å². The second-order valence-electron chi connectivity index (χ2n) is 5.53. The Balaban J connectivity index is 1.94. The lowest BCUT2D eigenvalue weighted by atomic mass is 10.2. The molecule has 4 heteroatoms. The van der Waals surface area contributed by atoms with Crippen molar-refractivity contribution in [3.63, 3.8) is 0 Å². The highest BCUT2D eigenvalue weighted by Crippen LogP contribution is 2.18. The van der Waals surface area contributed by atoms with Crippen molar-refractivity contribution in [1.29, 1.82) is 0 Å². The molecule has 2 N–H and O–H groups in total. The molecule has 1 fully saturated rings. The molecule has 0 spiro atoms. The number of hydrogen-bond donors (Lipinski definition) is 1. The number of anilines is 2. The summed E-state index contributed by atoms with van der Waals surface area (Å²) in [5.41, 5.74) is 7.51. The summed E-state index contributed by atoms with van der Waals surface area (Å²) >= 11 is 0. The number of nitrogen functional groups attached to an aromatic ring is 1. The molecule has 2 rings (SSSR count). The van der Waals surface area contributed by atoms with Crippen molar-refractivity contribution in [3.8, 4) is 0 Å². The maximum absolute atomic E-state index is 5.81. The van der Waals surface area contributed by atoms with Crippen molar-refractivity contribution in [2.45, 2.75) is 20.8 Å². The van der Waals surface area contributed by atoms with Crippen LogP contribution in [0.15, 0.2) is 12.1 Å². The number of hydrogen-bond acceptors (Lipinski definition) is 4. The van der Waals surface area contributed by atoms with Crippen LogP contribution in [0.25, 0.3) is 0 Å². The number of nitrogens with two attached hydrogens (primary N) is 1. The van der Waals surface area contributed by atoms with E-state index in [9.17, 15) is 0 Å². The average Bonchev–Trinajstić information content (AvgIpc) is 2.33. The van der Waals surface area contributed by atoms with E-state index in [2.05, 4.69) is 28.6 Å². The van der Waals surface area contributed by atoms with Gasteiger partial charge in [0, 0.05) is 32.7 Å². The van der Waals surface area contributed by atoms with E-state index < -0.39 is 0 Å². The fourth-order valence-electron chi connectivity index (χ4n) is 2.41. The standard InChI is InChI=1S/C14H24N4/c1-11(2)10-17-6-8-18(9-7-17)14-5-4-13(15)12(3)16-14/h4-5,11H,6-10,15H2,1-3H3. The first-order chi connectivity index (χ1) is 8.56. The first kappa shape index (κ1) is 13.1. The number of rotatable bonds is 3. The molecule has 0 bridgehead atoms. The molecular formula is C14H24N4. The van der Waals surface area contributed by atoms with E-state index in [1.165, 1.54) is 6.54 Å². The number of pyridine rings is 1. The van der Waals surface area contributed by atoms with Crippen LogP contribution >= 0.6 is 0 Å².